The van der Waals surface area contributed by atoms with Crippen molar-refractivity contribution >= 4 is 46.4 Å². The maximum atomic E-state index is 12.5. The van der Waals surface area contributed by atoms with Gasteiger partial charge in [0, 0.05) is 36.6 Å². The molecule has 3 rings (SSSR count). The summed E-state index contributed by atoms with van der Waals surface area (Å²) in [6.45, 7) is 2.15. The Bertz CT molecular complexity index is 741. The lowest BCUT2D eigenvalue weighted by atomic mass is 10.1. The molecule has 0 atom stereocenters. The highest BCUT2D eigenvalue weighted by atomic mass is 35.5. The van der Waals surface area contributed by atoms with Crippen LogP contribution in [0.25, 0.3) is 0 Å². The zero-order valence-electron chi connectivity index (χ0n) is 12.9. The monoisotopic (exact) mass is 382 g/mol. The number of carbonyl (C=O) groups excluding carboxylic acids is 2. The van der Waals surface area contributed by atoms with Crippen LogP contribution in [0.15, 0.2) is 35.7 Å². The molecular weight excluding hydrogens is 367 g/mol. The van der Waals surface area contributed by atoms with Gasteiger partial charge in [-0.1, -0.05) is 29.3 Å². The molecule has 1 saturated heterocycles. The van der Waals surface area contributed by atoms with Crippen LogP contribution in [-0.4, -0.2) is 47.8 Å². The fourth-order valence-corrected chi connectivity index (χ4v) is 3.64. The van der Waals surface area contributed by atoms with Crippen molar-refractivity contribution in [3.8, 4) is 0 Å². The van der Waals surface area contributed by atoms with Gasteiger partial charge in [0.25, 0.3) is 5.91 Å². The molecule has 0 bridgehead atoms. The van der Waals surface area contributed by atoms with Crippen LogP contribution >= 0.6 is 34.5 Å². The largest absolute Gasteiger partial charge is 0.339 e. The summed E-state index contributed by atoms with van der Waals surface area (Å²) in [5.41, 5.74) is 0.516. The summed E-state index contributed by atoms with van der Waals surface area (Å²) in [5.74, 6) is 0.0259. The van der Waals surface area contributed by atoms with E-state index in [-0.39, 0.29) is 11.8 Å². The average molecular weight is 383 g/mol. The van der Waals surface area contributed by atoms with Crippen LogP contribution in [0.2, 0.25) is 10.0 Å². The van der Waals surface area contributed by atoms with Crippen molar-refractivity contribution < 1.29 is 9.59 Å². The smallest absolute Gasteiger partial charge is 0.254 e. The van der Waals surface area contributed by atoms with Crippen LogP contribution < -0.4 is 0 Å². The fraction of sp³-hybridized carbons (Fsp3) is 0.294. The minimum atomic E-state index is -0.0843. The summed E-state index contributed by atoms with van der Waals surface area (Å²) in [4.78, 5) is 29.4. The Morgan fingerprint density at radius 1 is 1.00 bits per heavy atom. The molecule has 0 N–H and O–H groups in total. The van der Waals surface area contributed by atoms with Crippen LogP contribution in [0.3, 0.4) is 0 Å². The van der Waals surface area contributed by atoms with Gasteiger partial charge in [0.2, 0.25) is 5.91 Å². The van der Waals surface area contributed by atoms with Gasteiger partial charge in [0.1, 0.15) is 0 Å². The normalized spacial score (nSPS) is 14.8. The van der Waals surface area contributed by atoms with E-state index in [2.05, 4.69) is 0 Å². The number of hydrogen-bond acceptors (Lipinski definition) is 3. The molecule has 24 heavy (non-hydrogen) atoms. The third kappa shape index (κ3) is 3.91. The minimum absolute atomic E-state index is 0.0843. The highest BCUT2D eigenvalue weighted by molar-refractivity contribution is 7.10. The molecule has 1 aromatic heterocycles. The van der Waals surface area contributed by atoms with Gasteiger partial charge < -0.3 is 9.80 Å². The van der Waals surface area contributed by atoms with Crippen molar-refractivity contribution in [1.82, 2.24) is 9.80 Å². The standard InChI is InChI=1S/C17H16Cl2N2O2S/c18-14-4-3-12(10-15(14)19)17(23)21-7-5-20(6-8-21)16(22)11-13-2-1-9-24-13/h1-4,9-10H,5-8,11H2. The molecular formula is C17H16Cl2N2O2S. The van der Waals surface area contributed by atoms with Gasteiger partial charge in [-0.3, -0.25) is 9.59 Å². The number of nitrogens with zero attached hydrogens (tertiary/aromatic N) is 2. The molecule has 0 aliphatic carbocycles. The fourth-order valence-electron chi connectivity index (χ4n) is 2.64. The first-order valence-corrected chi connectivity index (χ1v) is 9.22. The molecule has 0 radical (unpaired) electrons. The van der Waals surface area contributed by atoms with Gasteiger partial charge in [-0.2, -0.15) is 0 Å². The van der Waals surface area contributed by atoms with E-state index in [0.717, 1.165) is 4.88 Å². The summed E-state index contributed by atoms with van der Waals surface area (Å²) in [6.07, 6.45) is 0.429. The molecule has 7 heteroatoms. The van der Waals surface area contributed by atoms with E-state index in [1.54, 1.807) is 34.4 Å². The Hall–Kier alpha value is -1.56. The van der Waals surface area contributed by atoms with Gasteiger partial charge in [-0.25, -0.2) is 0 Å². The lowest BCUT2D eigenvalue weighted by molar-refractivity contribution is -0.131. The summed E-state index contributed by atoms with van der Waals surface area (Å²) in [5, 5.41) is 2.76. The van der Waals surface area contributed by atoms with Crippen LogP contribution in [0, 0.1) is 0 Å². The molecule has 1 fully saturated rings. The summed E-state index contributed by atoms with van der Waals surface area (Å²) in [7, 11) is 0. The zero-order valence-corrected chi connectivity index (χ0v) is 15.2. The van der Waals surface area contributed by atoms with Gasteiger partial charge >= 0.3 is 0 Å². The zero-order chi connectivity index (χ0) is 17.1. The molecule has 2 heterocycles. The average Bonchev–Trinajstić information content (AvgIpc) is 3.10. The van der Waals surface area contributed by atoms with Crippen LogP contribution in [0.1, 0.15) is 15.2 Å². The van der Waals surface area contributed by atoms with Gasteiger partial charge in [0.15, 0.2) is 0 Å². The summed E-state index contributed by atoms with van der Waals surface area (Å²) < 4.78 is 0. The lowest BCUT2D eigenvalue weighted by Crippen LogP contribution is -2.50. The van der Waals surface area contributed by atoms with E-state index < -0.39 is 0 Å². The second-order valence-electron chi connectivity index (χ2n) is 5.56. The molecule has 1 aliphatic heterocycles. The molecule has 1 aliphatic rings. The number of hydrogen-bond donors (Lipinski definition) is 0. The number of halogens is 2. The van der Waals surface area contributed by atoms with E-state index in [1.807, 2.05) is 22.4 Å². The first-order valence-electron chi connectivity index (χ1n) is 7.59. The van der Waals surface area contributed by atoms with Gasteiger partial charge in [-0.15, -0.1) is 11.3 Å². The number of benzene rings is 1. The Morgan fingerprint density at radius 3 is 2.33 bits per heavy atom. The maximum Gasteiger partial charge on any atom is 0.254 e. The number of thiophene rings is 1. The van der Waals surface area contributed by atoms with E-state index in [1.165, 1.54) is 0 Å². The number of amides is 2. The quantitative estimate of drug-likeness (QED) is 0.813. The molecule has 0 unspecified atom stereocenters. The molecule has 0 saturated carbocycles. The number of rotatable bonds is 3. The molecule has 2 amide bonds. The summed E-state index contributed by atoms with van der Waals surface area (Å²) in [6, 6.07) is 8.79. The second-order valence-corrected chi connectivity index (χ2v) is 7.40. The van der Waals surface area contributed by atoms with E-state index in [4.69, 9.17) is 23.2 Å². The van der Waals surface area contributed by atoms with Gasteiger partial charge in [0.05, 0.1) is 16.5 Å². The van der Waals surface area contributed by atoms with Crippen molar-refractivity contribution in [2.45, 2.75) is 6.42 Å². The van der Waals surface area contributed by atoms with Crippen LogP contribution in [0.5, 0.6) is 0 Å². The Balaban J connectivity index is 1.57. The summed E-state index contributed by atoms with van der Waals surface area (Å²) >= 11 is 13.4. The third-order valence-electron chi connectivity index (χ3n) is 3.99. The predicted octanol–water partition coefficient (Wildman–Crippen LogP) is 3.58. The van der Waals surface area contributed by atoms with Crippen LogP contribution in [0.4, 0.5) is 0 Å². The van der Waals surface area contributed by atoms with E-state index in [0.29, 0.717) is 48.2 Å². The first kappa shape index (κ1) is 17.3. The minimum Gasteiger partial charge on any atom is -0.339 e. The Morgan fingerprint density at radius 2 is 1.71 bits per heavy atom. The molecule has 2 aromatic rings. The second kappa shape index (κ2) is 7.55. The van der Waals surface area contributed by atoms with E-state index in [9.17, 15) is 9.59 Å². The first-order chi connectivity index (χ1) is 11.5. The van der Waals surface area contributed by atoms with Crippen molar-refractivity contribution in [2.75, 3.05) is 26.2 Å². The van der Waals surface area contributed by atoms with Crippen molar-refractivity contribution in [2.24, 2.45) is 0 Å². The highest BCUT2D eigenvalue weighted by Gasteiger charge is 2.25. The van der Waals surface area contributed by atoms with Crippen LogP contribution in [-0.2, 0) is 11.2 Å². The van der Waals surface area contributed by atoms with Gasteiger partial charge in [-0.05, 0) is 29.6 Å². The third-order valence-corrected chi connectivity index (χ3v) is 5.61. The number of piperazine rings is 1. The lowest BCUT2D eigenvalue weighted by Gasteiger charge is -2.34. The van der Waals surface area contributed by atoms with Crippen molar-refractivity contribution in [3.05, 3.63) is 56.2 Å². The molecule has 4 nitrogen and oxygen atoms in total. The predicted molar refractivity (Wildman–Crippen MR) is 97.0 cm³/mol. The Labute approximate surface area is 154 Å². The molecule has 1 aromatic carbocycles. The Kier molecular flexibility index (Phi) is 5.43. The van der Waals surface area contributed by atoms with Crippen molar-refractivity contribution in [3.63, 3.8) is 0 Å². The molecule has 126 valence electrons. The van der Waals surface area contributed by atoms with Crippen molar-refractivity contribution in [1.29, 1.82) is 0 Å². The molecule has 0 spiro atoms. The topological polar surface area (TPSA) is 40.6 Å². The highest BCUT2D eigenvalue weighted by Crippen LogP contribution is 2.23. The maximum absolute atomic E-state index is 12.5. The number of carbonyl (C=O) groups is 2. The van der Waals surface area contributed by atoms with E-state index >= 15 is 0 Å². The SMILES string of the molecule is O=C(Cc1cccs1)N1CCN(C(=O)c2ccc(Cl)c(Cl)c2)CC1.